The highest BCUT2D eigenvalue weighted by molar-refractivity contribution is 9.10. The van der Waals surface area contributed by atoms with E-state index in [-0.39, 0.29) is 5.91 Å². The number of carbonyl (C=O) groups excluding carboxylic acids is 1. The van der Waals surface area contributed by atoms with Crippen molar-refractivity contribution in [2.45, 2.75) is 13.8 Å². The molecule has 2 heterocycles. The number of aryl methyl sites for hydroxylation is 2. The minimum absolute atomic E-state index is 0.245. The summed E-state index contributed by atoms with van der Waals surface area (Å²) in [6.45, 7) is 3.68. The van der Waals surface area contributed by atoms with Gasteiger partial charge in [-0.1, -0.05) is 0 Å². The highest BCUT2D eigenvalue weighted by Gasteiger charge is 2.12. The molecule has 0 fully saturated rings. The molecule has 1 amide bonds. The maximum atomic E-state index is 11.9. The maximum absolute atomic E-state index is 11.9. The topological polar surface area (TPSA) is 70.7 Å². The number of pyridine rings is 1. The molecule has 2 N–H and O–H groups in total. The molecule has 6 heteroatoms. The van der Waals surface area contributed by atoms with Crippen LogP contribution in [0, 0.1) is 13.8 Å². The first-order chi connectivity index (χ1) is 8.08. The second-order valence-electron chi connectivity index (χ2n) is 3.62. The summed E-state index contributed by atoms with van der Waals surface area (Å²) in [5.41, 5.74) is 2.66. The lowest BCUT2D eigenvalue weighted by Crippen LogP contribution is -2.14. The van der Waals surface area contributed by atoms with Crippen molar-refractivity contribution < 1.29 is 4.79 Å². The summed E-state index contributed by atoms with van der Waals surface area (Å²) >= 11 is 3.27. The summed E-state index contributed by atoms with van der Waals surface area (Å²) in [5, 5.41) is 9.60. The number of H-pyrrole nitrogens is 1. The quantitative estimate of drug-likeness (QED) is 0.894. The molecule has 0 bridgehead atoms. The average molecular weight is 295 g/mol. The molecule has 5 nitrogen and oxygen atoms in total. The molecule has 0 saturated carbocycles. The molecular weight excluding hydrogens is 284 g/mol. The number of carbonyl (C=O) groups is 1. The fraction of sp³-hybridized carbons (Fsp3) is 0.182. The summed E-state index contributed by atoms with van der Waals surface area (Å²) in [4.78, 5) is 15.9. The molecule has 0 spiro atoms. The molecule has 0 radical (unpaired) electrons. The van der Waals surface area contributed by atoms with Crippen LogP contribution in [0.15, 0.2) is 22.8 Å². The first-order valence-electron chi connectivity index (χ1n) is 5.02. The molecule has 2 aromatic rings. The van der Waals surface area contributed by atoms with Crippen molar-refractivity contribution in [2.24, 2.45) is 0 Å². The lowest BCUT2D eigenvalue weighted by atomic mass is 10.3. The van der Waals surface area contributed by atoms with E-state index in [1.807, 2.05) is 13.8 Å². The lowest BCUT2D eigenvalue weighted by Gasteiger charge is -2.04. The van der Waals surface area contributed by atoms with Gasteiger partial charge in [-0.05, 0) is 41.9 Å². The maximum Gasteiger partial charge on any atom is 0.274 e. The number of hydrogen-bond acceptors (Lipinski definition) is 3. The Bertz CT molecular complexity index is 528. The summed E-state index contributed by atoms with van der Waals surface area (Å²) in [7, 11) is 0. The predicted octanol–water partition coefficient (Wildman–Crippen LogP) is 2.44. The summed E-state index contributed by atoms with van der Waals surface area (Å²) in [6.07, 6.45) is 1.59. The van der Waals surface area contributed by atoms with Gasteiger partial charge in [-0.15, -0.1) is 0 Å². The molecule has 0 aliphatic rings. The van der Waals surface area contributed by atoms with E-state index in [9.17, 15) is 4.79 Å². The van der Waals surface area contributed by atoms with E-state index in [1.54, 1.807) is 18.3 Å². The van der Waals surface area contributed by atoms with E-state index in [0.717, 1.165) is 15.9 Å². The predicted molar refractivity (Wildman–Crippen MR) is 68.0 cm³/mol. The number of rotatable bonds is 2. The van der Waals surface area contributed by atoms with Crippen molar-refractivity contribution in [2.75, 3.05) is 5.32 Å². The van der Waals surface area contributed by atoms with Gasteiger partial charge in [-0.2, -0.15) is 5.10 Å². The standard InChI is InChI=1S/C11H11BrN4O/c1-6-10(7(2)16-15-6)14-11(17)9-4-3-8(12)5-13-9/h3-5H,1-2H3,(H,14,17)(H,15,16). The van der Waals surface area contributed by atoms with Crippen LogP contribution in [0.25, 0.3) is 0 Å². The molecular formula is C11H11BrN4O. The van der Waals surface area contributed by atoms with E-state index >= 15 is 0 Å². The van der Waals surface area contributed by atoms with Crippen molar-refractivity contribution in [3.05, 3.63) is 39.9 Å². The fourth-order valence-electron chi connectivity index (χ4n) is 1.42. The Morgan fingerprint density at radius 3 is 2.71 bits per heavy atom. The van der Waals surface area contributed by atoms with Crippen LogP contribution in [0.2, 0.25) is 0 Å². The molecule has 2 rings (SSSR count). The number of hydrogen-bond donors (Lipinski definition) is 2. The van der Waals surface area contributed by atoms with Crippen LogP contribution < -0.4 is 5.32 Å². The molecule has 0 aliphatic heterocycles. The second kappa shape index (κ2) is 4.67. The Balaban J connectivity index is 2.20. The number of halogens is 1. The zero-order valence-electron chi connectivity index (χ0n) is 9.41. The fourth-order valence-corrected chi connectivity index (χ4v) is 1.66. The van der Waals surface area contributed by atoms with Gasteiger partial charge < -0.3 is 5.32 Å². The van der Waals surface area contributed by atoms with E-state index in [2.05, 4.69) is 36.4 Å². The van der Waals surface area contributed by atoms with Gasteiger partial charge in [0, 0.05) is 10.7 Å². The van der Waals surface area contributed by atoms with Gasteiger partial charge in [0.25, 0.3) is 5.91 Å². The Labute approximate surface area is 107 Å². The molecule has 2 aromatic heterocycles. The van der Waals surface area contributed by atoms with E-state index in [1.165, 1.54) is 0 Å². The van der Waals surface area contributed by atoms with Gasteiger partial charge in [0.15, 0.2) is 0 Å². The first kappa shape index (κ1) is 11.8. The van der Waals surface area contributed by atoms with Crippen LogP contribution >= 0.6 is 15.9 Å². The van der Waals surface area contributed by atoms with Gasteiger partial charge in [0.05, 0.1) is 17.1 Å². The van der Waals surface area contributed by atoms with Gasteiger partial charge in [0.2, 0.25) is 0 Å². The second-order valence-corrected chi connectivity index (χ2v) is 4.54. The van der Waals surface area contributed by atoms with E-state index < -0.39 is 0 Å². The smallest absolute Gasteiger partial charge is 0.274 e. The largest absolute Gasteiger partial charge is 0.317 e. The molecule has 0 aromatic carbocycles. The van der Waals surface area contributed by atoms with Crippen LogP contribution in [-0.4, -0.2) is 21.1 Å². The number of nitrogens with zero attached hydrogens (tertiary/aromatic N) is 2. The Morgan fingerprint density at radius 2 is 2.18 bits per heavy atom. The van der Waals surface area contributed by atoms with Gasteiger partial charge in [-0.3, -0.25) is 9.89 Å². The zero-order valence-corrected chi connectivity index (χ0v) is 11.0. The molecule has 0 saturated heterocycles. The Kier molecular flexibility index (Phi) is 3.23. The van der Waals surface area contributed by atoms with Crippen molar-refractivity contribution in [3.63, 3.8) is 0 Å². The normalized spacial score (nSPS) is 10.3. The minimum atomic E-state index is -0.245. The summed E-state index contributed by atoms with van der Waals surface area (Å²) in [5.74, 6) is -0.245. The molecule has 0 atom stereocenters. The number of aromatic amines is 1. The van der Waals surface area contributed by atoms with Crippen molar-refractivity contribution in [1.82, 2.24) is 15.2 Å². The summed E-state index contributed by atoms with van der Waals surface area (Å²) < 4.78 is 0.838. The molecule has 0 unspecified atom stereocenters. The lowest BCUT2D eigenvalue weighted by molar-refractivity contribution is 0.102. The van der Waals surface area contributed by atoms with Crippen LogP contribution in [0.3, 0.4) is 0 Å². The van der Waals surface area contributed by atoms with E-state index in [4.69, 9.17) is 0 Å². The van der Waals surface area contributed by atoms with Crippen LogP contribution in [0.5, 0.6) is 0 Å². The Morgan fingerprint density at radius 1 is 1.41 bits per heavy atom. The van der Waals surface area contributed by atoms with Crippen LogP contribution in [0.4, 0.5) is 5.69 Å². The third-order valence-corrected chi connectivity index (χ3v) is 2.80. The molecule has 0 aliphatic carbocycles. The third-order valence-electron chi connectivity index (χ3n) is 2.33. The number of nitrogens with one attached hydrogen (secondary N) is 2. The summed E-state index contributed by atoms with van der Waals surface area (Å²) in [6, 6.07) is 3.43. The first-order valence-corrected chi connectivity index (χ1v) is 5.81. The SMILES string of the molecule is Cc1n[nH]c(C)c1NC(=O)c1ccc(Br)cn1. The number of amides is 1. The zero-order chi connectivity index (χ0) is 12.4. The van der Waals surface area contributed by atoms with Crippen molar-refractivity contribution in [1.29, 1.82) is 0 Å². The minimum Gasteiger partial charge on any atom is -0.317 e. The van der Waals surface area contributed by atoms with Gasteiger partial charge in [-0.25, -0.2) is 4.98 Å². The van der Waals surface area contributed by atoms with Gasteiger partial charge in [0.1, 0.15) is 5.69 Å². The monoisotopic (exact) mass is 294 g/mol. The van der Waals surface area contributed by atoms with Crippen molar-refractivity contribution in [3.8, 4) is 0 Å². The number of aromatic nitrogens is 3. The van der Waals surface area contributed by atoms with Crippen LogP contribution in [0.1, 0.15) is 21.9 Å². The molecule has 17 heavy (non-hydrogen) atoms. The highest BCUT2D eigenvalue weighted by atomic mass is 79.9. The third kappa shape index (κ3) is 2.52. The average Bonchev–Trinajstić information content (AvgIpc) is 2.61. The Hall–Kier alpha value is -1.69. The van der Waals surface area contributed by atoms with Crippen molar-refractivity contribution >= 4 is 27.5 Å². The van der Waals surface area contributed by atoms with Gasteiger partial charge >= 0.3 is 0 Å². The number of anilines is 1. The van der Waals surface area contributed by atoms with Crippen LogP contribution in [-0.2, 0) is 0 Å². The molecule has 88 valence electrons. The van der Waals surface area contributed by atoms with E-state index in [0.29, 0.717) is 11.4 Å². The highest BCUT2D eigenvalue weighted by Crippen LogP contribution is 2.17.